The van der Waals surface area contributed by atoms with Gasteiger partial charge in [0.15, 0.2) is 9.84 Å². The van der Waals surface area contributed by atoms with Crippen molar-refractivity contribution in [2.24, 2.45) is 11.8 Å². The lowest BCUT2D eigenvalue weighted by molar-refractivity contribution is 0.130. The first-order valence-corrected chi connectivity index (χ1v) is 6.74. The van der Waals surface area contributed by atoms with Crippen LogP contribution in [0.5, 0.6) is 0 Å². The summed E-state index contributed by atoms with van der Waals surface area (Å²) < 4.78 is 22.6. The maximum atomic E-state index is 11.3. The highest BCUT2D eigenvalue weighted by atomic mass is 35.5. The molecule has 0 N–H and O–H groups in total. The van der Waals surface area contributed by atoms with E-state index in [0.29, 0.717) is 0 Å². The molecule has 3 aliphatic rings. The molecule has 3 aliphatic carbocycles. The van der Waals surface area contributed by atoms with Crippen LogP contribution in [0.25, 0.3) is 0 Å². The summed E-state index contributed by atoms with van der Waals surface area (Å²) >= 11 is 6.05. The number of hydrogen-bond donors (Lipinski definition) is 0. The third kappa shape index (κ3) is 1.10. The van der Waals surface area contributed by atoms with Crippen LogP contribution in [0.2, 0.25) is 0 Å². The van der Waals surface area contributed by atoms with E-state index in [1.165, 1.54) is 6.26 Å². The van der Waals surface area contributed by atoms with Gasteiger partial charge in [0.25, 0.3) is 0 Å². The lowest BCUT2D eigenvalue weighted by Crippen LogP contribution is -2.58. The van der Waals surface area contributed by atoms with E-state index >= 15 is 0 Å². The van der Waals surface area contributed by atoms with Crippen molar-refractivity contribution in [2.45, 2.75) is 29.9 Å². The molecule has 0 saturated heterocycles. The molecule has 4 heteroatoms. The number of halogens is 1. The minimum absolute atomic E-state index is 0.117. The van der Waals surface area contributed by atoms with Crippen LogP contribution in [0.15, 0.2) is 0 Å². The van der Waals surface area contributed by atoms with Gasteiger partial charge in [0.05, 0.1) is 5.25 Å². The average Bonchev–Trinajstić information content (AvgIpc) is 2.01. The smallest absolute Gasteiger partial charge is 0.150 e. The van der Waals surface area contributed by atoms with Gasteiger partial charge in [-0.2, -0.15) is 0 Å². The van der Waals surface area contributed by atoms with Crippen LogP contribution in [0.3, 0.4) is 0 Å². The third-order valence-corrected chi connectivity index (χ3v) is 5.57. The van der Waals surface area contributed by atoms with E-state index in [9.17, 15) is 8.42 Å². The molecule has 0 aromatic carbocycles. The van der Waals surface area contributed by atoms with Gasteiger partial charge in [-0.05, 0) is 24.7 Å². The normalized spacial score (nSPS) is 46.8. The molecule has 2 nitrogen and oxygen atoms in total. The summed E-state index contributed by atoms with van der Waals surface area (Å²) in [4.78, 5) is 0. The van der Waals surface area contributed by atoms with E-state index in [-0.39, 0.29) is 22.5 Å². The second-order valence-electron chi connectivity index (χ2n) is 4.00. The molecule has 0 heterocycles. The summed E-state index contributed by atoms with van der Waals surface area (Å²) in [5, 5.41) is 0.0206. The van der Waals surface area contributed by atoms with Crippen LogP contribution < -0.4 is 0 Å². The molecule has 0 aromatic heterocycles. The van der Waals surface area contributed by atoms with Crippen LogP contribution in [0, 0.1) is 11.8 Å². The largest absolute Gasteiger partial charge is 0.229 e. The van der Waals surface area contributed by atoms with Gasteiger partial charge >= 0.3 is 0 Å². The molecule has 4 atom stereocenters. The Kier molecular flexibility index (Phi) is 1.92. The molecule has 0 radical (unpaired) electrons. The molecule has 3 saturated carbocycles. The van der Waals surface area contributed by atoms with Crippen molar-refractivity contribution in [3.63, 3.8) is 0 Å². The standard InChI is InChI=1S/C8H13ClO2S/c1-12(10,11)8-5-3-2-4-6(8)7(5)9/h5-8H,2-4H2,1H3/t5-,6+,7?,8?. The summed E-state index contributed by atoms with van der Waals surface area (Å²) in [5.41, 5.74) is 0. The molecule has 3 fully saturated rings. The van der Waals surface area contributed by atoms with Crippen LogP contribution in [0.4, 0.5) is 0 Å². The van der Waals surface area contributed by atoms with Crippen LogP contribution in [-0.2, 0) is 9.84 Å². The number of hydrogen-bond acceptors (Lipinski definition) is 2. The molecule has 3 rings (SSSR count). The second kappa shape index (κ2) is 2.61. The van der Waals surface area contributed by atoms with Crippen LogP contribution >= 0.6 is 11.6 Å². The molecule has 0 aliphatic heterocycles. The SMILES string of the molecule is CS(=O)(=O)C1[C@@H]2CCC[C@H]1C2Cl. The highest BCUT2D eigenvalue weighted by Crippen LogP contribution is 2.52. The lowest BCUT2D eigenvalue weighted by atomic mass is 9.64. The monoisotopic (exact) mass is 208 g/mol. The van der Waals surface area contributed by atoms with E-state index in [0.717, 1.165) is 19.3 Å². The van der Waals surface area contributed by atoms with Crippen molar-refractivity contribution in [1.82, 2.24) is 0 Å². The lowest BCUT2D eigenvalue weighted by Gasteiger charge is -2.52. The molecule has 0 amide bonds. The Morgan fingerprint density at radius 2 is 1.75 bits per heavy atom. The predicted octanol–water partition coefficient (Wildman–Crippen LogP) is 1.44. The fraction of sp³-hybridized carbons (Fsp3) is 1.00. The molecular formula is C8H13ClO2S. The van der Waals surface area contributed by atoms with Crippen molar-refractivity contribution in [3.8, 4) is 0 Å². The van der Waals surface area contributed by atoms with Gasteiger partial charge in [-0.3, -0.25) is 0 Å². The molecule has 0 spiro atoms. The van der Waals surface area contributed by atoms with Gasteiger partial charge in [0.1, 0.15) is 0 Å². The zero-order valence-corrected chi connectivity index (χ0v) is 8.61. The number of sulfone groups is 1. The van der Waals surface area contributed by atoms with E-state index in [2.05, 4.69) is 0 Å². The summed E-state index contributed by atoms with van der Waals surface area (Å²) in [7, 11) is -2.84. The Hall–Kier alpha value is 0.240. The van der Waals surface area contributed by atoms with Gasteiger partial charge in [0.2, 0.25) is 0 Å². The van der Waals surface area contributed by atoms with Crippen molar-refractivity contribution >= 4 is 21.4 Å². The van der Waals surface area contributed by atoms with E-state index in [4.69, 9.17) is 11.6 Å². The Bertz CT molecular complexity index is 273. The van der Waals surface area contributed by atoms with E-state index < -0.39 is 9.84 Å². The fourth-order valence-electron chi connectivity index (χ4n) is 2.72. The van der Waals surface area contributed by atoms with Gasteiger partial charge in [-0.15, -0.1) is 11.6 Å². The third-order valence-electron chi connectivity index (χ3n) is 3.23. The van der Waals surface area contributed by atoms with Gasteiger partial charge < -0.3 is 0 Å². The van der Waals surface area contributed by atoms with Crippen molar-refractivity contribution in [2.75, 3.05) is 6.26 Å². The molecule has 2 bridgehead atoms. The minimum Gasteiger partial charge on any atom is -0.229 e. The summed E-state index contributed by atoms with van der Waals surface area (Å²) in [5.74, 6) is 0.501. The Morgan fingerprint density at radius 3 is 2.00 bits per heavy atom. The van der Waals surface area contributed by atoms with E-state index in [1.807, 2.05) is 0 Å². The maximum absolute atomic E-state index is 11.3. The number of alkyl halides is 1. The Morgan fingerprint density at radius 1 is 1.25 bits per heavy atom. The maximum Gasteiger partial charge on any atom is 0.150 e. The first-order chi connectivity index (χ1) is 5.52. The fourth-order valence-corrected chi connectivity index (χ4v) is 5.34. The van der Waals surface area contributed by atoms with Crippen LogP contribution in [0.1, 0.15) is 19.3 Å². The Balaban J connectivity index is 2.23. The summed E-state index contributed by atoms with van der Waals surface area (Å²) in [6.07, 6.45) is 4.50. The number of rotatable bonds is 1. The first kappa shape index (κ1) is 8.82. The highest BCUT2D eigenvalue weighted by Gasteiger charge is 2.55. The van der Waals surface area contributed by atoms with Crippen molar-refractivity contribution in [3.05, 3.63) is 0 Å². The van der Waals surface area contributed by atoms with Crippen molar-refractivity contribution in [1.29, 1.82) is 0 Å². The minimum atomic E-state index is -2.84. The quantitative estimate of drug-likeness (QED) is 0.612. The molecular weight excluding hydrogens is 196 g/mol. The first-order valence-electron chi connectivity index (χ1n) is 4.35. The molecule has 12 heavy (non-hydrogen) atoms. The zero-order valence-electron chi connectivity index (χ0n) is 7.03. The van der Waals surface area contributed by atoms with Gasteiger partial charge in [-0.25, -0.2) is 8.42 Å². The molecule has 2 unspecified atom stereocenters. The zero-order chi connectivity index (χ0) is 8.93. The van der Waals surface area contributed by atoms with Gasteiger partial charge in [-0.1, -0.05) is 6.42 Å². The Labute approximate surface area is 78.2 Å². The van der Waals surface area contributed by atoms with Crippen LogP contribution in [-0.4, -0.2) is 25.3 Å². The molecule has 0 aromatic rings. The average molecular weight is 209 g/mol. The second-order valence-corrected chi connectivity index (χ2v) is 6.70. The summed E-state index contributed by atoms with van der Waals surface area (Å²) in [6, 6.07) is 0. The summed E-state index contributed by atoms with van der Waals surface area (Å²) in [6.45, 7) is 0. The van der Waals surface area contributed by atoms with Gasteiger partial charge in [0, 0.05) is 11.6 Å². The predicted molar refractivity (Wildman–Crippen MR) is 49.1 cm³/mol. The molecule has 70 valence electrons. The van der Waals surface area contributed by atoms with E-state index in [1.54, 1.807) is 0 Å². The highest BCUT2D eigenvalue weighted by molar-refractivity contribution is 7.91. The van der Waals surface area contributed by atoms with Crippen molar-refractivity contribution < 1.29 is 8.42 Å². The topological polar surface area (TPSA) is 34.1 Å². The number of fused-ring (bicyclic) bond motifs is 2.